The number of carbonyl (C=O) groups excluding carboxylic acids is 2. The van der Waals surface area contributed by atoms with Gasteiger partial charge in [-0.25, -0.2) is 13.1 Å². The summed E-state index contributed by atoms with van der Waals surface area (Å²) in [5.74, 6) is -0.255. The van der Waals surface area contributed by atoms with Gasteiger partial charge in [0, 0.05) is 23.4 Å². The smallest absolute Gasteiger partial charge is 0.257 e. The second-order valence-electron chi connectivity index (χ2n) is 7.61. The molecule has 8 nitrogen and oxygen atoms in total. The lowest BCUT2D eigenvalue weighted by Crippen LogP contribution is -2.25. The third-order valence-corrected chi connectivity index (χ3v) is 6.61. The summed E-state index contributed by atoms with van der Waals surface area (Å²) in [4.78, 5) is 25.7. The van der Waals surface area contributed by atoms with Gasteiger partial charge in [0.2, 0.25) is 10.0 Å². The van der Waals surface area contributed by atoms with Gasteiger partial charge in [0.25, 0.3) is 11.8 Å². The minimum atomic E-state index is -3.59. The molecular weight excluding hydrogens is 442 g/mol. The SMILES string of the molecule is COc1cccc(NC(=O)c2ccccc2NC(=O)c2ccc(S(=O)(=O)NC3CC3)cc2)c1. The standard InChI is InChI=1S/C24H23N3O5S/c1-32-19-6-4-5-18(15-19)25-24(29)21-7-2-3-8-22(21)26-23(28)16-9-13-20(14-10-16)33(30,31)27-17-11-12-17/h2-10,13-15,17,27H,11-12H2,1H3,(H,25,29)(H,26,28). The Hall–Kier alpha value is -3.69. The summed E-state index contributed by atoms with van der Waals surface area (Å²) in [6.07, 6.45) is 1.68. The van der Waals surface area contributed by atoms with E-state index < -0.39 is 21.8 Å². The summed E-state index contributed by atoms with van der Waals surface area (Å²) >= 11 is 0. The minimum Gasteiger partial charge on any atom is -0.497 e. The van der Waals surface area contributed by atoms with E-state index in [4.69, 9.17) is 4.74 Å². The van der Waals surface area contributed by atoms with Crippen molar-refractivity contribution in [1.82, 2.24) is 4.72 Å². The summed E-state index contributed by atoms with van der Waals surface area (Å²) in [6.45, 7) is 0. The van der Waals surface area contributed by atoms with Crippen LogP contribution in [-0.4, -0.2) is 33.4 Å². The molecule has 3 aromatic carbocycles. The van der Waals surface area contributed by atoms with E-state index in [2.05, 4.69) is 15.4 Å². The van der Waals surface area contributed by atoms with Gasteiger partial charge in [-0.2, -0.15) is 0 Å². The van der Waals surface area contributed by atoms with E-state index in [1.165, 1.54) is 31.4 Å². The van der Waals surface area contributed by atoms with E-state index >= 15 is 0 Å². The number of nitrogens with one attached hydrogen (secondary N) is 3. The maximum atomic E-state index is 12.8. The first-order valence-corrected chi connectivity index (χ1v) is 11.8. The van der Waals surface area contributed by atoms with Crippen LogP contribution in [0.3, 0.4) is 0 Å². The van der Waals surface area contributed by atoms with Crippen LogP contribution in [0.25, 0.3) is 0 Å². The first-order valence-electron chi connectivity index (χ1n) is 10.3. The van der Waals surface area contributed by atoms with Crippen LogP contribution in [-0.2, 0) is 10.0 Å². The van der Waals surface area contributed by atoms with Crippen molar-refractivity contribution in [2.24, 2.45) is 0 Å². The molecule has 3 aromatic rings. The molecule has 0 saturated heterocycles. The van der Waals surface area contributed by atoms with Crippen LogP contribution in [0.2, 0.25) is 0 Å². The van der Waals surface area contributed by atoms with Crippen LogP contribution in [0.15, 0.2) is 77.7 Å². The quantitative estimate of drug-likeness (QED) is 0.470. The Bertz CT molecular complexity index is 1290. The number of ether oxygens (including phenoxy) is 1. The van der Waals surface area contributed by atoms with Crippen molar-refractivity contribution in [3.63, 3.8) is 0 Å². The molecule has 0 atom stereocenters. The van der Waals surface area contributed by atoms with E-state index in [0.717, 1.165) is 12.8 Å². The monoisotopic (exact) mass is 465 g/mol. The Morgan fingerprint density at radius 2 is 1.61 bits per heavy atom. The Morgan fingerprint density at radius 1 is 0.879 bits per heavy atom. The van der Waals surface area contributed by atoms with Gasteiger partial charge in [0.15, 0.2) is 0 Å². The van der Waals surface area contributed by atoms with Gasteiger partial charge in [-0.3, -0.25) is 9.59 Å². The number of methoxy groups -OCH3 is 1. The largest absolute Gasteiger partial charge is 0.497 e. The molecular formula is C24H23N3O5S. The van der Waals surface area contributed by atoms with E-state index in [-0.39, 0.29) is 22.1 Å². The lowest BCUT2D eigenvalue weighted by Gasteiger charge is -2.12. The lowest BCUT2D eigenvalue weighted by atomic mass is 10.1. The normalized spacial score (nSPS) is 13.2. The zero-order valence-electron chi connectivity index (χ0n) is 17.9. The highest BCUT2D eigenvalue weighted by Gasteiger charge is 2.28. The number of carbonyl (C=O) groups is 2. The number of amides is 2. The molecule has 0 aliphatic heterocycles. The van der Waals surface area contributed by atoms with Gasteiger partial charge in [0.05, 0.1) is 23.3 Å². The number of benzene rings is 3. The van der Waals surface area contributed by atoms with Crippen LogP contribution in [0.5, 0.6) is 5.75 Å². The van der Waals surface area contributed by atoms with Crippen molar-refractivity contribution < 1.29 is 22.7 Å². The van der Waals surface area contributed by atoms with E-state index in [0.29, 0.717) is 17.1 Å². The Labute approximate surface area is 192 Å². The molecule has 1 fully saturated rings. The molecule has 0 radical (unpaired) electrons. The first-order chi connectivity index (χ1) is 15.9. The molecule has 0 spiro atoms. The average Bonchev–Trinajstić information content (AvgIpc) is 3.63. The topological polar surface area (TPSA) is 114 Å². The number of para-hydroxylation sites is 1. The fourth-order valence-corrected chi connectivity index (χ4v) is 4.46. The molecule has 170 valence electrons. The van der Waals surface area contributed by atoms with Crippen molar-refractivity contribution in [3.8, 4) is 5.75 Å². The summed E-state index contributed by atoms with van der Waals surface area (Å²) in [6, 6.07) is 19.2. The van der Waals surface area contributed by atoms with E-state index in [9.17, 15) is 18.0 Å². The van der Waals surface area contributed by atoms with Crippen molar-refractivity contribution in [1.29, 1.82) is 0 Å². The number of hydrogen-bond donors (Lipinski definition) is 3. The third-order valence-electron chi connectivity index (χ3n) is 5.07. The van der Waals surface area contributed by atoms with Crippen molar-refractivity contribution in [2.75, 3.05) is 17.7 Å². The van der Waals surface area contributed by atoms with Gasteiger partial charge < -0.3 is 15.4 Å². The first kappa shape index (κ1) is 22.5. The zero-order valence-corrected chi connectivity index (χ0v) is 18.7. The second-order valence-corrected chi connectivity index (χ2v) is 9.32. The van der Waals surface area contributed by atoms with E-state index in [1.807, 2.05) is 0 Å². The van der Waals surface area contributed by atoms with Crippen LogP contribution in [0.1, 0.15) is 33.6 Å². The molecule has 0 heterocycles. The van der Waals surface area contributed by atoms with Crippen LogP contribution >= 0.6 is 0 Å². The lowest BCUT2D eigenvalue weighted by molar-refractivity contribution is 0.102. The minimum absolute atomic E-state index is 0.00223. The van der Waals surface area contributed by atoms with Gasteiger partial charge >= 0.3 is 0 Å². The second kappa shape index (κ2) is 9.43. The Kier molecular flexibility index (Phi) is 6.43. The van der Waals surface area contributed by atoms with Crippen LogP contribution in [0.4, 0.5) is 11.4 Å². The highest BCUT2D eigenvalue weighted by Crippen LogP contribution is 2.23. The summed E-state index contributed by atoms with van der Waals surface area (Å²) in [5, 5.41) is 5.51. The summed E-state index contributed by atoms with van der Waals surface area (Å²) < 4.78 is 32.4. The molecule has 1 saturated carbocycles. The zero-order chi connectivity index (χ0) is 23.4. The van der Waals surface area contributed by atoms with Gasteiger partial charge in [-0.15, -0.1) is 0 Å². The average molecular weight is 466 g/mol. The van der Waals surface area contributed by atoms with Gasteiger partial charge in [-0.1, -0.05) is 18.2 Å². The summed E-state index contributed by atoms with van der Waals surface area (Å²) in [5.41, 5.74) is 1.43. The van der Waals surface area contributed by atoms with Crippen molar-refractivity contribution in [3.05, 3.63) is 83.9 Å². The molecule has 3 N–H and O–H groups in total. The number of anilines is 2. The van der Waals surface area contributed by atoms with Crippen molar-refractivity contribution >= 4 is 33.2 Å². The third kappa shape index (κ3) is 5.57. The maximum absolute atomic E-state index is 12.8. The Morgan fingerprint density at radius 3 is 2.30 bits per heavy atom. The van der Waals surface area contributed by atoms with Gasteiger partial charge in [0.1, 0.15) is 5.75 Å². The molecule has 4 rings (SSSR count). The molecule has 33 heavy (non-hydrogen) atoms. The molecule has 0 unspecified atom stereocenters. The fraction of sp³-hybridized carbons (Fsp3) is 0.167. The molecule has 1 aliphatic rings. The predicted octanol–water partition coefficient (Wildman–Crippen LogP) is 3.64. The fourth-order valence-electron chi connectivity index (χ4n) is 3.16. The molecule has 1 aliphatic carbocycles. The van der Waals surface area contributed by atoms with Crippen LogP contribution < -0.4 is 20.1 Å². The Balaban J connectivity index is 1.48. The molecule has 0 aromatic heterocycles. The maximum Gasteiger partial charge on any atom is 0.257 e. The van der Waals surface area contributed by atoms with E-state index in [1.54, 1.807) is 48.5 Å². The number of hydrogen-bond acceptors (Lipinski definition) is 5. The van der Waals surface area contributed by atoms with Crippen LogP contribution in [0, 0.1) is 0 Å². The summed E-state index contributed by atoms with van der Waals surface area (Å²) in [7, 11) is -2.06. The van der Waals surface area contributed by atoms with Gasteiger partial charge in [-0.05, 0) is 61.4 Å². The molecule has 0 bridgehead atoms. The number of rotatable bonds is 8. The predicted molar refractivity (Wildman–Crippen MR) is 125 cm³/mol. The molecule has 2 amide bonds. The highest BCUT2D eigenvalue weighted by atomic mass is 32.2. The molecule has 9 heteroatoms. The highest BCUT2D eigenvalue weighted by molar-refractivity contribution is 7.89. The number of sulfonamides is 1. The van der Waals surface area contributed by atoms with Crippen molar-refractivity contribution in [2.45, 2.75) is 23.8 Å².